The number of aliphatic carboxylic acids is 1. The van der Waals surface area contributed by atoms with E-state index in [1.807, 2.05) is 53.8 Å². The normalized spacial score (nSPS) is 17.3. The molecule has 0 fully saturated rings. The van der Waals surface area contributed by atoms with Gasteiger partial charge in [-0.3, -0.25) is 5.32 Å². The fourth-order valence-electron chi connectivity index (χ4n) is 3.18. The summed E-state index contributed by atoms with van der Waals surface area (Å²) < 4.78 is 35.0. The van der Waals surface area contributed by atoms with E-state index >= 15 is 0 Å². The van der Waals surface area contributed by atoms with Crippen LogP contribution in [0, 0.1) is 0 Å². The van der Waals surface area contributed by atoms with Crippen LogP contribution < -0.4 is 10.1 Å². The van der Waals surface area contributed by atoms with E-state index in [2.05, 4.69) is 0 Å². The van der Waals surface area contributed by atoms with Gasteiger partial charge in [0.05, 0.1) is 5.75 Å². The zero-order valence-corrected chi connectivity index (χ0v) is 17.4. The Morgan fingerprint density at radius 1 is 1.20 bits per heavy atom. The monoisotopic (exact) mass is 433 g/mol. The minimum Gasteiger partial charge on any atom is -0.486 e. The maximum atomic E-state index is 12.1. The summed E-state index contributed by atoms with van der Waals surface area (Å²) in [6.45, 7) is 2.07. The summed E-state index contributed by atoms with van der Waals surface area (Å²) in [5.41, 5.74) is 3.08. The Morgan fingerprint density at radius 3 is 2.53 bits per heavy atom. The number of sulfone groups is 1. The molecule has 0 spiro atoms. The van der Waals surface area contributed by atoms with Crippen LogP contribution in [-0.4, -0.2) is 48.9 Å². The molecule has 0 bridgehead atoms. The van der Waals surface area contributed by atoms with E-state index in [4.69, 9.17) is 9.47 Å². The molecule has 0 radical (unpaired) electrons. The molecule has 3 rings (SSSR count). The Hall–Kier alpha value is -3.07. The van der Waals surface area contributed by atoms with Crippen LogP contribution in [0.3, 0.4) is 0 Å². The summed E-state index contributed by atoms with van der Waals surface area (Å²) in [5.74, 6) is -1.44. The van der Waals surface area contributed by atoms with E-state index in [9.17, 15) is 23.1 Å². The predicted molar refractivity (Wildman–Crippen MR) is 110 cm³/mol. The quantitative estimate of drug-likeness (QED) is 0.689. The van der Waals surface area contributed by atoms with Crippen LogP contribution in [0.2, 0.25) is 0 Å². The summed E-state index contributed by atoms with van der Waals surface area (Å²) in [6.07, 6.45) is -1.08. The number of fused-ring (bicyclic) bond motifs is 1. The second kappa shape index (κ2) is 8.35. The summed E-state index contributed by atoms with van der Waals surface area (Å²) in [6, 6.07) is 15.7. The molecule has 2 aromatic carbocycles. The number of nitrogens with one attached hydrogen (secondary N) is 1. The first-order chi connectivity index (χ1) is 14.2. The molecule has 2 N–H and O–H groups in total. The Balaban J connectivity index is 1.61. The van der Waals surface area contributed by atoms with E-state index < -0.39 is 38.6 Å². The predicted octanol–water partition coefficient (Wildman–Crippen LogP) is 2.62. The van der Waals surface area contributed by atoms with Crippen molar-refractivity contribution < 1.29 is 32.6 Å². The summed E-state index contributed by atoms with van der Waals surface area (Å²) in [4.78, 5) is 21.1. The summed E-state index contributed by atoms with van der Waals surface area (Å²) >= 11 is 0. The van der Waals surface area contributed by atoms with Gasteiger partial charge in [0.1, 0.15) is 18.5 Å². The van der Waals surface area contributed by atoms with Crippen molar-refractivity contribution in [2.24, 2.45) is 0 Å². The number of carboxylic acid groups (broad SMARTS) is 1. The van der Waals surface area contributed by atoms with Crippen molar-refractivity contribution in [1.29, 1.82) is 0 Å². The van der Waals surface area contributed by atoms with Gasteiger partial charge >= 0.3 is 12.1 Å². The van der Waals surface area contributed by atoms with Crippen molar-refractivity contribution in [2.45, 2.75) is 31.2 Å². The fourth-order valence-corrected chi connectivity index (χ4v) is 4.26. The van der Waals surface area contributed by atoms with Crippen LogP contribution in [-0.2, 0) is 25.8 Å². The van der Waals surface area contributed by atoms with Crippen LogP contribution in [0.15, 0.2) is 48.5 Å². The molecule has 8 nitrogen and oxygen atoms in total. The third-order valence-corrected chi connectivity index (χ3v) is 7.34. The molecular formula is C21H23NO7S. The lowest BCUT2D eigenvalue weighted by atomic mass is 10.0. The molecule has 1 heterocycles. The average Bonchev–Trinajstić information content (AvgIpc) is 3.14. The van der Waals surface area contributed by atoms with E-state index in [1.165, 1.54) is 6.92 Å². The van der Waals surface area contributed by atoms with E-state index in [1.54, 1.807) is 0 Å². The van der Waals surface area contributed by atoms with Gasteiger partial charge in [-0.25, -0.2) is 18.0 Å². The van der Waals surface area contributed by atoms with Gasteiger partial charge in [-0.1, -0.05) is 43.3 Å². The first-order valence-electron chi connectivity index (χ1n) is 9.42. The fraction of sp³-hybridized carbons (Fsp3) is 0.333. The zero-order valence-electron chi connectivity index (χ0n) is 16.6. The number of carboxylic acids is 1. The Bertz CT molecular complexity index is 1050. The molecule has 2 atom stereocenters. The smallest absolute Gasteiger partial charge is 0.408 e. The molecule has 1 amide bonds. The van der Waals surface area contributed by atoms with Gasteiger partial charge in [-0.15, -0.1) is 0 Å². The highest BCUT2D eigenvalue weighted by Crippen LogP contribution is 2.33. The summed E-state index contributed by atoms with van der Waals surface area (Å²) in [5, 5.41) is 11.2. The third kappa shape index (κ3) is 4.25. The number of rotatable bonds is 7. The third-order valence-electron chi connectivity index (χ3n) is 5.06. The minimum absolute atomic E-state index is 0.150. The van der Waals surface area contributed by atoms with Crippen LogP contribution in [0.4, 0.5) is 4.79 Å². The lowest BCUT2D eigenvalue weighted by molar-refractivity contribution is -0.140. The highest BCUT2D eigenvalue weighted by Gasteiger charge is 2.47. The lowest BCUT2D eigenvalue weighted by Crippen LogP contribution is -2.58. The maximum Gasteiger partial charge on any atom is 0.408 e. The standard InChI is InChI=1S/C21H23NO7S/c1-3-30(26,27)21(2,19(23)24)22-20(25)28-13-17-12-16-11-15(9-10-18(16)29-17)14-7-5-4-6-8-14/h4-11,17H,3,12-13H2,1-2H3,(H,22,25)(H,23,24). The molecule has 0 saturated carbocycles. The highest BCUT2D eigenvalue weighted by atomic mass is 32.2. The molecule has 2 unspecified atom stereocenters. The molecule has 160 valence electrons. The van der Waals surface area contributed by atoms with Crippen molar-refractivity contribution >= 4 is 21.9 Å². The Kier molecular flexibility index (Phi) is 6.02. The highest BCUT2D eigenvalue weighted by molar-refractivity contribution is 7.93. The van der Waals surface area contributed by atoms with Gasteiger partial charge in [0, 0.05) is 6.42 Å². The Labute approximate surface area is 174 Å². The molecule has 0 aromatic heterocycles. The SMILES string of the molecule is CCS(=O)(=O)C(C)(NC(=O)OCC1Cc2cc(-c3ccccc3)ccc2O1)C(=O)O. The second-order valence-electron chi connectivity index (χ2n) is 7.10. The summed E-state index contributed by atoms with van der Waals surface area (Å²) in [7, 11) is -4.11. The van der Waals surface area contributed by atoms with Crippen LogP contribution in [0.25, 0.3) is 11.1 Å². The number of hydrogen-bond acceptors (Lipinski definition) is 6. The van der Waals surface area contributed by atoms with Crippen LogP contribution in [0.1, 0.15) is 19.4 Å². The lowest BCUT2D eigenvalue weighted by Gasteiger charge is -2.25. The largest absolute Gasteiger partial charge is 0.486 e. The average molecular weight is 433 g/mol. The maximum absolute atomic E-state index is 12.1. The molecule has 0 aliphatic carbocycles. The molecule has 1 aliphatic rings. The molecule has 1 aliphatic heterocycles. The number of amides is 1. The van der Waals surface area contributed by atoms with Crippen molar-refractivity contribution in [1.82, 2.24) is 5.32 Å². The van der Waals surface area contributed by atoms with Crippen LogP contribution >= 0.6 is 0 Å². The van der Waals surface area contributed by atoms with Gasteiger partial charge in [-0.2, -0.15) is 0 Å². The molecule has 0 saturated heterocycles. The number of carbonyl (C=O) groups is 2. The Morgan fingerprint density at radius 2 is 1.90 bits per heavy atom. The van der Waals surface area contributed by atoms with Crippen LogP contribution in [0.5, 0.6) is 5.75 Å². The second-order valence-corrected chi connectivity index (χ2v) is 9.72. The number of hydrogen-bond donors (Lipinski definition) is 2. The first-order valence-corrected chi connectivity index (χ1v) is 11.1. The van der Waals surface area contributed by atoms with E-state index in [0.29, 0.717) is 12.2 Å². The van der Waals surface area contributed by atoms with Crippen molar-refractivity contribution in [3.63, 3.8) is 0 Å². The van der Waals surface area contributed by atoms with E-state index in [-0.39, 0.29) is 6.61 Å². The van der Waals surface area contributed by atoms with Crippen molar-refractivity contribution in [3.8, 4) is 16.9 Å². The topological polar surface area (TPSA) is 119 Å². The number of alkyl carbamates (subject to hydrolysis) is 1. The van der Waals surface area contributed by atoms with Crippen molar-refractivity contribution in [3.05, 3.63) is 54.1 Å². The zero-order chi connectivity index (χ0) is 21.9. The van der Waals surface area contributed by atoms with Crippen molar-refractivity contribution in [2.75, 3.05) is 12.4 Å². The number of ether oxygens (including phenoxy) is 2. The van der Waals surface area contributed by atoms with Gasteiger partial charge in [-0.05, 0) is 35.7 Å². The molecule has 2 aromatic rings. The number of carbonyl (C=O) groups excluding carboxylic acids is 1. The van der Waals surface area contributed by atoms with E-state index in [0.717, 1.165) is 23.6 Å². The van der Waals surface area contributed by atoms with Gasteiger partial charge in [0.2, 0.25) is 4.87 Å². The molecule has 9 heteroatoms. The minimum atomic E-state index is -4.11. The molecular weight excluding hydrogens is 410 g/mol. The molecule has 30 heavy (non-hydrogen) atoms. The van der Waals surface area contributed by atoms with Gasteiger partial charge in [0.15, 0.2) is 9.84 Å². The number of benzene rings is 2. The first kappa shape index (κ1) is 21.6. The van der Waals surface area contributed by atoms with Gasteiger partial charge < -0.3 is 14.6 Å². The van der Waals surface area contributed by atoms with Gasteiger partial charge in [0.25, 0.3) is 0 Å².